The number of para-hydroxylation sites is 1. The molecule has 0 aliphatic rings. The standard InChI is InChI=1S/C20H21F2NO/c1-13(2)12-14(3)15-8-6-7-11-18(15)23-20(24)17-10-5-4-9-16(17)19(21)22/h4-13,19H,1-3H3,(H,23,24). The number of alkyl halides is 2. The highest BCUT2D eigenvalue weighted by molar-refractivity contribution is 6.06. The van der Waals surface area contributed by atoms with E-state index in [1.54, 1.807) is 18.2 Å². The number of halogens is 2. The van der Waals surface area contributed by atoms with Gasteiger partial charge in [0.15, 0.2) is 0 Å². The minimum absolute atomic E-state index is 0.00667. The van der Waals surface area contributed by atoms with E-state index in [1.807, 2.05) is 19.1 Å². The first-order valence-corrected chi connectivity index (χ1v) is 7.86. The Bertz CT molecular complexity index is 751. The Kier molecular flexibility index (Phi) is 5.85. The molecule has 0 fully saturated rings. The van der Waals surface area contributed by atoms with Crippen molar-refractivity contribution in [3.05, 3.63) is 71.3 Å². The van der Waals surface area contributed by atoms with E-state index in [1.165, 1.54) is 18.2 Å². The third-order valence-electron chi connectivity index (χ3n) is 3.62. The molecule has 2 aromatic rings. The number of nitrogens with one attached hydrogen (secondary N) is 1. The molecule has 1 amide bonds. The highest BCUT2D eigenvalue weighted by Gasteiger charge is 2.18. The SMILES string of the molecule is CC(=CC(C)C)c1ccccc1NC(=O)c1ccccc1C(F)F. The lowest BCUT2D eigenvalue weighted by Gasteiger charge is -2.14. The average Bonchev–Trinajstić information content (AvgIpc) is 2.54. The van der Waals surface area contributed by atoms with Crippen LogP contribution in [0.1, 0.15) is 48.7 Å². The predicted molar refractivity (Wildman–Crippen MR) is 94.3 cm³/mol. The number of hydrogen-bond donors (Lipinski definition) is 1. The lowest BCUT2D eigenvalue weighted by molar-refractivity contribution is 0.101. The van der Waals surface area contributed by atoms with Gasteiger partial charge in [0, 0.05) is 22.4 Å². The second kappa shape index (κ2) is 7.86. The summed E-state index contributed by atoms with van der Waals surface area (Å²) in [6.07, 6.45) is -0.595. The maximum atomic E-state index is 13.1. The van der Waals surface area contributed by atoms with E-state index in [0.29, 0.717) is 11.6 Å². The van der Waals surface area contributed by atoms with Crippen molar-refractivity contribution in [1.29, 1.82) is 0 Å². The van der Waals surface area contributed by atoms with Crippen molar-refractivity contribution in [2.75, 3.05) is 5.32 Å². The van der Waals surface area contributed by atoms with Crippen molar-refractivity contribution < 1.29 is 13.6 Å². The van der Waals surface area contributed by atoms with Gasteiger partial charge in [-0.15, -0.1) is 0 Å². The van der Waals surface area contributed by atoms with Crippen molar-refractivity contribution in [2.24, 2.45) is 5.92 Å². The fourth-order valence-electron chi connectivity index (χ4n) is 2.61. The number of allylic oxidation sites excluding steroid dienone is 2. The smallest absolute Gasteiger partial charge is 0.264 e. The summed E-state index contributed by atoms with van der Waals surface area (Å²) in [7, 11) is 0. The van der Waals surface area contributed by atoms with Crippen LogP contribution < -0.4 is 5.32 Å². The predicted octanol–water partition coefficient (Wildman–Crippen LogP) is 5.94. The van der Waals surface area contributed by atoms with Crippen LogP contribution >= 0.6 is 0 Å². The van der Waals surface area contributed by atoms with Crippen LogP contribution in [-0.4, -0.2) is 5.91 Å². The number of anilines is 1. The lowest BCUT2D eigenvalue weighted by atomic mass is 10.0. The molecule has 1 N–H and O–H groups in total. The Morgan fingerprint density at radius 1 is 1.00 bits per heavy atom. The molecular formula is C20H21F2NO. The average molecular weight is 329 g/mol. The van der Waals surface area contributed by atoms with Crippen LogP contribution in [0.2, 0.25) is 0 Å². The highest BCUT2D eigenvalue weighted by Crippen LogP contribution is 2.27. The minimum Gasteiger partial charge on any atom is -0.321 e. The zero-order valence-electron chi connectivity index (χ0n) is 14.0. The lowest BCUT2D eigenvalue weighted by Crippen LogP contribution is -2.15. The molecule has 0 atom stereocenters. The summed E-state index contributed by atoms with van der Waals surface area (Å²) in [6.45, 7) is 6.12. The summed E-state index contributed by atoms with van der Waals surface area (Å²) >= 11 is 0. The van der Waals surface area contributed by atoms with E-state index in [0.717, 1.165) is 11.1 Å². The second-order valence-corrected chi connectivity index (χ2v) is 5.98. The molecule has 0 saturated heterocycles. The van der Waals surface area contributed by atoms with Crippen molar-refractivity contribution >= 4 is 17.2 Å². The molecule has 24 heavy (non-hydrogen) atoms. The van der Waals surface area contributed by atoms with E-state index in [-0.39, 0.29) is 11.1 Å². The van der Waals surface area contributed by atoms with Gasteiger partial charge in [-0.05, 0) is 30.5 Å². The Morgan fingerprint density at radius 3 is 2.21 bits per heavy atom. The third-order valence-corrected chi connectivity index (χ3v) is 3.62. The van der Waals surface area contributed by atoms with Crippen LogP contribution in [0.3, 0.4) is 0 Å². The first kappa shape index (κ1) is 17.9. The normalized spacial score (nSPS) is 11.9. The quantitative estimate of drug-likeness (QED) is 0.723. The van der Waals surface area contributed by atoms with Crippen LogP contribution in [0, 0.1) is 5.92 Å². The Morgan fingerprint density at radius 2 is 1.58 bits per heavy atom. The van der Waals surface area contributed by atoms with Gasteiger partial charge in [-0.1, -0.05) is 56.3 Å². The molecule has 0 radical (unpaired) electrons. The Balaban J connectivity index is 2.34. The molecule has 2 aromatic carbocycles. The maximum Gasteiger partial charge on any atom is 0.264 e. The van der Waals surface area contributed by atoms with Crippen LogP contribution in [0.4, 0.5) is 14.5 Å². The van der Waals surface area contributed by atoms with Crippen molar-refractivity contribution in [2.45, 2.75) is 27.2 Å². The molecule has 2 rings (SSSR count). The van der Waals surface area contributed by atoms with Crippen LogP contribution in [0.15, 0.2) is 54.6 Å². The fourth-order valence-corrected chi connectivity index (χ4v) is 2.61. The molecule has 0 bridgehead atoms. The number of carbonyl (C=O) groups is 1. The van der Waals surface area contributed by atoms with Gasteiger partial charge in [0.1, 0.15) is 0 Å². The molecule has 0 heterocycles. The number of benzene rings is 2. The molecule has 0 aromatic heterocycles. The third kappa shape index (κ3) is 4.28. The van der Waals surface area contributed by atoms with Crippen LogP contribution in [0.5, 0.6) is 0 Å². The van der Waals surface area contributed by atoms with Gasteiger partial charge in [-0.25, -0.2) is 8.78 Å². The zero-order valence-corrected chi connectivity index (χ0v) is 14.0. The van der Waals surface area contributed by atoms with Gasteiger partial charge >= 0.3 is 0 Å². The van der Waals surface area contributed by atoms with Crippen molar-refractivity contribution in [3.63, 3.8) is 0 Å². The minimum atomic E-state index is -2.69. The molecular weight excluding hydrogens is 308 g/mol. The number of hydrogen-bond acceptors (Lipinski definition) is 1. The number of amides is 1. The summed E-state index contributed by atoms with van der Waals surface area (Å²) in [5.74, 6) is -0.163. The zero-order chi connectivity index (χ0) is 17.7. The Hall–Kier alpha value is -2.49. The highest BCUT2D eigenvalue weighted by atomic mass is 19.3. The van der Waals surface area contributed by atoms with E-state index < -0.39 is 12.3 Å². The monoisotopic (exact) mass is 329 g/mol. The van der Waals surface area contributed by atoms with E-state index in [2.05, 4.69) is 25.2 Å². The van der Waals surface area contributed by atoms with Gasteiger partial charge in [0.25, 0.3) is 12.3 Å². The molecule has 0 aliphatic carbocycles. The largest absolute Gasteiger partial charge is 0.321 e. The van der Waals surface area contributed by atoms with Crippen LogP contribution in [-0.2, 0) is 0 Å². The Labute approximate surface area is 141 Å². The molecule has 2 nitrogen and oxygen atoms in total. The fraction of sp³-hybridized carbons (Fsp3) is 0.250. The molecule has 0 aliphatic heterocycles. The van der Waals surface area contributed by atoms with Crippen LogP contribution in [0.25, 0.3) is 5.57 Å². The molecule has 4 heteroatoms. The first-order valence-electron chi connectivity index (χ1n) is 7.86. The second-order valence-electron chi connectivity index (χ2n) is 5.98. The van der Waals surface area contributed by atoms with Gasteiger partial charge in [-0.2, -0.15) is 0 Å². The number of carbonyl (C=O) groups excluding carboxylic acids is 1. The van der Waals surface area contributed by atoms with E-state index >= 15 is 0 Å². The maximum absolute atomic E-state index is 13.1. The van der Waals surface area contributed by atoms with E-state index in [4.69, 9.17) is 0 Å². The van der Waals surface area contributed by atoms with Crippen molar-refractivity contribution in [1.82, 2.24) is 0 Å². The van der Waals surface area contributed by atoms with Gasteiger partial charge in [-0.3, -0.25) is 4.79 Å². The summed E-state index contributed by atoms with van der Waals surface area (Å²) in [5, 5.41) is 2.76. The molecule has 0 saturated carbocycles. The number of rotatable bonds is 5. The summed E-state index contributed by atoms with van der Waals surface area (Å²) in [4.78, 5) is 12.5. The van der Waals surface area contributed by atoms with Crippen molar-refractivity contribution in [3.8, 4) is 0 Å². The van der Waals surface area contributed by atoms with Gasteiger partial charge < -0.3 is 5.32 Å². The topological polar surface area (TPSA) is 29.1 Å². The van der Waals surface area contributed by atoms with Gasteiger partial charge in [0.2, 0.25) is 0 Å². The van der Waals surface area contributed by atoms with Gasteiger partial charge in [0.05, 0.1) is 0 Å². The summed E-state index contributed by atoms with van der Waals surface area (Å²) in [6, 6.07) is 13.1. The molecule has 126 valence electrons. The first-order chi connectivity index (χ1) is 11.4. The summed E-state index contributed by atoms with van der Waals surface area (Å²) in [5.41, 5.74) is 2.26. The molecule has 0 spiro atoms. The van der Waals surface area contributed by atoms with E-state index in [9.17, 15) is 13.6 Å². The molecule has 0 unspecified atom stereocenters. The summed E-state index contributed by atoms with van der Waals surface area (Å²) < 4.78 is 26.2.